The third-order valence-electron chi connectivity index (χ3n) is 3.07. The van der Waals surface area contributed by atoms with Crippen LogP contribution in [-0.4, -0.2) is 28.9 Å². The van der Waals surface area contributed by atoms with E-state index in [1.165, 1.54) is 0 Å². The maximum Gasteiger partial charge on any atom is 0.118 e. The molecule has 0 saturated heterocycles. The van der Waals surface area contributed by atoms with E-state index >= 15 is 0 Å². The lowest BCUT2D eigenvalue weighted by Crippen LogP contribution is -2.33. The Morgan fingerprint density at radius 2 is 1.89 bits per heavy atom. The summed E-state index contributed by atoms with van der Waals surface area (Å²) >= 11 is 0. The zero-order valence-electron chi connectivity index (χ0n) is 11.6. The minimum absolute atomic E-state index is 0.100. The largest absolute Gasteiger partial charge is 0.497 e. The smallest absolute Gasteiger partial charge is 0.118 e. The van der Waals surface area contributed by atoms with Gasteiger partial charge in [-0.15, -0.1) is 0 Å². The van der Waals surface area contributed by atoms with Gasteiger partial charge in [0.2, 0.25) is 0 Å². The topological polar surface area (TPSA) is 38.3 Å². The Bertz CT molecular complexity index is 378. The Labute approximate surface area is 112 Å². The van der Waals surface area contributed by atoms with E-state index in [0.29, 0.717) is 5.75 Å². The van der Waals surface area contributed by atoms with E-state index in [0.717, 1.165) is 17.9 Å². The molecule has 0 radical (unpaired) electrons. The average molecular weight is 269 g/mol. The summed E-state index contributed by atoms with van der Waals surface area (Å²) in [4.78, 5) is 0. The Morgan fingerprint density at radius 3 is 2.33 bits per heavy atom. The molecule has 0 aliphatic carbocycles. The number of benzene rings is 1. The van der Waals surface area contributed by atoms with Crippen molar-refractivity contribution >= 4 is 10.8 Å². The second kappa shape index (κ2) is 7.54. The number of hydrogen-bond donors (Lipinski definition) is 1. The van der Waals surface area contributed by atoms with E-state index in [-0.39, 0.29) is 11.3 Å². The summed E-state index contributed by atoms with van der Waals surface area (Å²) < 4.78 is 17.1. The van der Waals surface area contributed by atoms with Gasteiger partial charge in [-0.1, -0.05) is 26.0 Å². The molecule has 3 nitrogen and oxygen atoms in total. The van der Waals surface area contributed by atoms with Crippen molar-refractivity contribution in [2.75, 3.05) is 19.4 Å². The normalized spacial score (nSPS) is 16.0. The summed E-state index contributed by atoms with van der Waals surface area (Å²) in [6, 6.07) is 8.09. The van der Waals surface area contributed by atoms with Gasteiger partial charge >= 0.3 is 0 Å². The highest BCUT2D eigenvalue weighted by molar-refractivity contribution is 7.85. The average Bonchev–Trinajstić information content (AvgIpc) is 2.43. The minimum atomic E-state index is -0.805. The number of methoxy groups -OCH3 is 1. The van der Waals surface area contributed by atoms with Gasteiger partial charge in [0, 0.05) is 22.6 Å². The summed E-state index contributed by atoms with van der Waals surface area (Å²) in [6.07, 6.45) is 0. The molecule has 1 N–H and O–H groups in total. The fourth-order valence-corrected chi connectivity index (χ4v) is 3.08. The number of ether oxygens (including phenoxy) is 1. The zero-order valence-corrected chi connectivity index (χ0v) is 12.4. The molecule has 0 amide bonds. The fourth-order valence-electron chi connectivity index (χ4n) is 2.00. The van der Waals surface area contributed by atoms with Crippen LogP contribution in [0.4, 0.5) is 0 Å². The lowest BCUT2D eigenvalue weighted by atomic mass is 10.0. The quantitative estimate of drug-likeness (QED) is 0.826. The van der Waals surface area contributed by atoms with Crippen molar-refractivity contribution in [2.45, 2.75) is 32.1 Å². The molecule has 0 heterocycles. The van der Waals surface area contributed by atoms with E-state index in [2.05, 4.69) is 12.2 Å². The molecular weight excluding hydrogens is 246 g/mol. The zero-order chi connectivity index (χ0) is 13.5. The molecule has 18 heavy (non-hydrogen) atoms. The van der Waals surface area contributed by atoms with Crippen molar-refractivity contribution in [3.8, 4) is 5.75 Å². The van der Waals surface area contributed by atoms with Gasteiger partial charge in [-0.3, -0.25) is 4.21 Å². The van der Waals surface area contributed by atoms with Crippen molar-refractivity contribution in [1.82, 2.24) is 5.32 Å². The van der Waals surface area contributed by atoms with Gasteiger partial charge in [0.25, 0.3) is 0 Å². The highest BCUT2D eigenvalue weighted by Crippen LogP contribution is 2.23. The number of rotatable bonds is 7. The van der Waals surface area contributed by atoms with Crippen molar-refractivity contribution < 1.29 is 8.95 Å². The van der Waals surface area contributed by atoms with E-state index in [1.807, 2.05) is 38.1 Å². The molecule has 1 rings (SSSR count). The summed E-state index contributed by atoms with van der Waals surface area (Å²) in [7, 11) is 0.854. The van der Waals surface area contributed by atoms with E-state index < -0.39 is 10.8 Å². The van der Waals surface area contributed by atoms with Gasteiger partial charge in [-0.2, -0.15) is 0 Å². The molecule has 0 saturated carbocycles. The highest BCUT2D eigenvalue weighted by atomic mass is 32.2. The van der Waals surface area contributed by atoms with Crippen LogP contribution in [0.15, 0.2) is 24.3 Å². The Hall–Kier alpha value is -0.870. The summed E-state index contributed by atoms with van der Waals surface area (Å²) in [5.41, 5.74) is 1.16. The fraction of sp³-hybridized carbons (Fsp3) is 0.571. The molecule has 0 bridgehead atoms. The highest BCUT2D eigenvalue weighted by Gasteiger charge is 2.22. The lowest BCUT2D eigenvalue weighted by Gasteiger charge is -2.24. The first kappa shape index (κ1) is 15.2. The predicted octanol–water partition coefficient (Wildman–Crippen LogP) is 2.50. The number of nitrogens with one attached hydrogen (secondary N) is 1. The summed E-state index contributed by atoms with van der Waals surface area (Å²) in [6.45, 7) is 6.93. The van der Waals surface area contributed by atoms with Gasteiger partial charge in [0.05, 0.1) is 12.4 Å². The van der Waals surface area contributed by atoms with Crippen LogP contribution in [0.5, 0.6) is 5.75 Å². The molecule has 0 aliphatic heterocycles. The molecule has 0 aromatic heterocycles. The first-order chi connectivity index (χ1) is 8.63. The molecular formula is C14H23NO2S. The van der Waals surface area contributed by atoms with E-state index in [9.17, 15) is 4.21 Å². The second-order valence-corrected chi connectivity index (χ2v) is 6.27. The van der Waals surface area contributed by atoms with Crippen molar-refractivity contribution in [2.24, 2.45) is 0 Å². The van der Waals surface area contributed by atoms with Crippen LogP contribution >= 0.6 is 0 Å². The van der Waals surface area contributed by atoms with Crippen LogP contribution in [0.2, 0.25) is 0 Å². The van der Waals surface area contributed by atoms with Crippen LogP contribution in [0, 0.1) is 0 Å². The Balaban J connectivity index is 2.92. The van der Waals surface area contributed by atoms with Crippen molar-refractivity contribution in [3.63, 3.8) is 0 Å². The van der Waals surface area contributed by atoms with Crippen molar-refractivity contribution in [3.05, 3.63) is 29.8 Å². The molecule has 4 heteroatoms. The maximum atomic E-state index is 12.0. The van der Waals surface area contributed by atoms with E-state index in [4.69, 9.17) is 4.74 Å². The molecule has 1 aromatic rings. The molecule has 102 valence electrons. The van der Waals surface area contributed by atoms with Crippen LogP contribution < -0.4 is 10.1 Å². The second-order valence-electron chi connectivity index (χ2n) is 4.18. The molecule has 1 aromatic carbocycles. The van der Waals surface area contributed by atoms with Crippen LogP contribution in [0.1, 0.15) is 32.4 Å². The first-order valence-corrected chi connectivity index (χ1v) is 7.76. The molecule has 3 atom stereocenters. The first-order valence-electron chi connectivity index (χ1n) is 6.38. The molecule has 0 spiro atoms. The van der Waals surface area contributed by atoms with Crippen molar-refractivity contribution in [1.29, 1.82) is 0 Å². The Kier molecular flexibility index (Phi) is 6.36. The third kappa shape index (κ3) is 3.82. The summed E-state index contributed by atoms with van der Waals surface area (Å²) in [5, 5.41) is 3.52. The standard InChI is InChI=1S/C14H23NO2S/c1-5-15-14(11(3)18(16)6-2)12-7-9-13(17-4)10-8-12/h7-11,14-15H,5-6H2,1-4H3. The minimum Gasteiger partial charge on any atom is -0.497 e. The SMILES string of the molecule is CCNC(c1ccc(OC)cc1)C(C)S(=O)CC. The van der Waals surface area contributed by atoms with Gasteiger partial charge in [0.15, 0.2) is 0 Å². The van der Waals surface area contributed by atoms with Gasteiger partial charge in [-0.25, -0.2) is 0 Å². The maximum absolute atomic E-state index is 12.0. The van der Waals surface area contributed by atoms with Gasteiger partial charge in [0.1, 0.15) is 5.75 Å². The van der Waals surface area contributed by atoms with E-state index in [1.54, 1.807) is 7.11 Å². The predicted molar refractivity (Wildman–Crippen MR) is 77.6 cm³/mol. The van der Waals surface area contributed by atoms with Gasteiger partial charge in [-0.05, 0) is 31.2 Å². The van der Waals surface area contributed by atoms with Crippen LogP contribution in [-0.2, 0) is 10.8 Å². The molecule has 0 fully saturated rings. The van der Waals surface area contributed by atoms with Crippen LogP contribution in [0.25, 0.3) is 0 Å². The van der Waals surface area contributed by atoms with Gasteiger partial charge < -0.3 is 10.1 Å². The number of hydrogen-bond acceptors (Lipinski definition) is 3. The summed E-state index contributed by atoms with van der Waals surface area (Å²) in [5.74, 6) is 1.54. The third-order valence-corrected chi connectivity index (χ3v) is 4.74. The monoisotopic (exact) mass is 269 g/mol. The van der Waals surface area contributed by atoms with Crippen LogP contribution in [0.3, 0.4) is 0 Å². The molecule has 0 aliphatic rings. The lowest BCUT2D eigenvalue weighted by molar-refractivity contribution is 0.414. The Morgan fingerprint density at radius 1 is 1.28 bits per heavy atom. The molecule has 3 unspecified atom stereocenters.